The highest BCUT2D eigenvalue weighted by molar-refractivity contribution is 7.89. The second kappa shape index (κ2) is 11.0. The number of hydrogen-bond acceptors (Lipinski definition) is 3. The number of carbonyl (C=O) groups is 1. The van der Waals surface area contributed by atoms with Crippen LogP contribution >= 0.6 is 0 Å². The highest BCUT2D eigenvalue weighted by atomic mass is 32.2. The van der Waals surface area contributed by atoms with Crippen molar-refractivity contribution in [2.45, 2.75) is 50.6 Å². The fraction of sp³-hybridized carbons (Fsp3) is 0.321. The third-order valence-corrected chi connectivity index (χ3v) is 8.38. The topological polar surface area (TPSA) is 57.7 Å². The maximum atomic E-state index is 13.7. The molecule has 178 valence electrons. The summed E-state index contributed by atoms with van der Waals surface area (Å²) < 4.78 is 28.6. The summed E-state index contributed by atoms with van der Waals surface area (Å²) in [6.45, 7) is 3.75. The van der Waals surface area contributed by atoms with Crippen LogP contribution in [-0.4, -0.2) is 36.6 Å². The van der Waals surface area contributed by atoms with Crippen LogP contribution in [0.15, 0.2) is 83.8 Å². The van der Waals surface area contributed by atoms with Gasteiger partial charge in [0.2, 0.25) is 10.0 Å². The first-order valence-corrected chi connectivity index (χ1v) is 13.4. The molecule has 34 heavy (non-hydrogen) atoms. The molecule has 1 fully saturated rings. The first-order chi connectivity index (χ1) is 16.4. The van der Waals surface area contributed by atoms with Gasteiger partial charge in [0.05, 0.1) is 4.90 Å². The van der Waals surface area contributed by atoms with E-state index in [1.165, 1.54) is 0 Å². The molecule has 0 N–H and O–H groups in total. The molecule has 5 nitrogen and oxygen atoms in total. The Bertz CT molecular complexity index is 1160. The number of hydrogen-bond donors (Lipinski definition) is 0. The van der Waals surface area contributed by atoms with Gasteiger partial charge in [0.25, 0.3) is 5.91 Å². The van der Waals surface area contributed by atoms with E-state index >= 15 is 0 Å². The Labute approximate surface area is 203 Å². The van der Waals surface area contributed by atoms with Crippen LogP contribution in [-0.2, 0) is 23.1 Å². The Morgan fingerprint density at radius 2 is 1.32 bits per heavy atom. The molecule has 0 radical (unpaired) electrons. The smallest absolute Gasteiger partial charge is 0.254 e. The minimum Gasteiger partial charge on any atom is -0.330 e. The summed E-state index contributed by atoms with van der Waals surface area (Å²) in [5.41, 5.74) is 3.11. The van der Waals surface area contributed by atoms with Gasteiger partial charge in [-0.25, -0.2) is 8.42 Å². The molecule has 1 aliphatic heterocycles. The Hall–Kier alpha value is -2.96. The maximum Gasteiger partial charge on any atom is 0.254 e. The number of carbonyl (C=O) groups excluding carboxylic acids is 1. The number of rotatable bonds is 7. The minimum atomic E-state index is -3.65. The van der Waals surface area contributed by atoms with Gasteiger partial charge in [0.15, 0.2) is 0 Å². The number of nitrogens with zero attached hydrogens (tertiary/aromatic N) is 2. The molecule has 0 bridgehead atoms. The van der Waals surface area contributed by atoms with Gasteiger partial charge >= 0.3 is 0 Å². The fourth-order valence-corrected chi connectivity index (χ4v) is 6.19. The van der Waals surface area contributed by atoms with Crippen molar-refractivity contribution in [3.05, 3.63) is 101 Å². The molecule has 3 aromatic rings. The van der Waals surface area contributed by atoms with E-state index in [4.69, 9.17) is 0 Å². The lowest BCUT2D eigenvalue weighted by molar-refractivity contribution is 0.0729. The molecule has 1 aliphatic rings. The summed E-state index contributed by atoms with van der Waals surface area (Å²) in [6, 6.07) is 24.8. The van der Waals surface area contributed by atoms with Gasteiger partial charge < -0.3 is 4.90 Å². The molecule has 0 spiro atoms. The van der Waals surface area contributed by atoms with E-state index in [1.54, 1.807) is 34.3 Å². The third-order valence-electron chi connectivity index (χ3n) is 6.34. The van der Waals surface area contributed by atoms with Crippen molar-refractivity contribution >= 4 is 15.9 Å². The Balaban J connectivity index is 1.66. The Morgan fingerprint density at radius 3 is 1.85 bits per heavy atom. The van der Waals surface area contributed by atoms with Crippen molar-refractivity contribution in [2.75, 3.05) is 13.1 Å². The molecule has 0 saturated carbocycles. The molecule has 0 aromatic heterocycles. The van der Waals surface area contributed by atoms with Crippen LogP contribution in [0, 0.1) is 6.92 Å². The lowest BCUT2D eigenvalue weighted by atomic mass is 10.1. The van der Waals surface area contributed by atoms with Gasteiger partial charge in [0.1, 0.15) is 0 Å². The predicted octanol–water partition coefficient (Wildman–Crippen LogP) is 5.40. The fourth-order valence-electron chi connectivity index (χ4n) is 4.42. The summed E-state index contributed by atoms with van der Waals surface area (Å²) >= 11 is 0. The molecule has 0 atom stereocenters. The minimum absolute atomic E-state index is 0.181. The van der Waals surface area contributed by atoms with Gasteiger partial charge in [0, 0.05) is 31.7 Å². The van der Waals surface area contributed by atoms with Crippen LogP contribution in [0.4, 0.5) is 0 Å². The molecule has 1 heterocycles. The van der Waals surface area contributed by atoms with Crippen LogP contribution in [0.2, 0.25) is 0 Å². The molecule has 3 aromatic carbocycles. The van der Waals surface area contributed by atoms with Crippen LogP contribution in [0.1, 0.15) is 52.7 Å². The van der Waals surface area contributed by atoms with Crippen molar-refractivity contribution < 1.29 is 13.2 Å². The molecule has 0 unspecified atom stereocenters. The molecule has 1 amide bonds. The van der Waals surface area contributed by atoms with Gasteiger partial charge in [-0.2, -0.15) is 4.31 Å². The molecule has 1 saturated heterocycles. The first-order valence-electron chi connectivity index (χ1n) is 11.9. The van der Waals surface area contributed by atoms with Crippen molar-refractivity contribution in [3.63, 3.8) is 0 Å². The second-order valence-corrected chi connectivity index (χ2v) is 10.8. The van der Waals surface area contributed by atoms with Gasteiger partial charge in [-0.05, 0) is 48.6 Å². The number of benzene rings is 3. The van der Waals surface area contributed by atoms with Crippen molar-refractivity contribution in [2.24, 2.45) is 0 Å². The average molecular weight is 477 g/mol. The molecular formula is C28H32N2O3S. The standard InChI is InChI=1S/C28H32N2O3S/c1-23-16-17-26(20-27(23)34(32,33)30-18-10-2-3-11-19-30)28(31)29(21-24-12-6-4-7-13-24)22-25-14-8-5-9-15-25/h4-9,12-17,20H,2-3,10-11,18-19,21-22H2,1H3. The molecule has 4 rings (SSSR count). The van der Waals surface area contributed by atoms with E-state index in [0.717, 1.165) is 36.8 Å². The van der Waals surface area contributed by atoms with Gasteiger partial charge in [-0.3, -0.25) is 4.79 Å². The summed E-state index contributed by atoms with van der Waals surface area (Å²) in [5.74, 6) is -0.181. The normalized spacial score (nSPS) is 15.0. The monoisotopic (exact) mass is 476 g/mol. The van der Waals surface area contributed by atoms with E-state index in [1.807, 2.05) is 60.7 Å². The number of amides is 1. The van der Waals surface area contributed by atoms with Crippen LogP contribution in [0.5, 0.6) is 0 Å². The molecular weight excluding hydrogens is 444 g/mol. The van der Waals surface area contributed by atoms with Gasteiger partial charge in [-0.15, -0.1) is 0 Å². The van der Waals surface area contributed by atoms with E-state index in [2.05, 4.69) is 0 Å². The zero-order valence-corrected chi connectivity index (χ0v) is 20.5. The average Bonchev–Trinajstić information content (AvgIpc) is 3.15. The van der Waals surface area contributed by atoms with E-state index in [0.29, 0.717) is 37.3 Å². The lowest BCUT2D eigenvalue weighted by Crippen LogP contribution is -2.33. The van der Waals surface area contributed by atoms with Crippen LogP contribution in [0.3, 0.4) is 0 Å². The predicted molar refractivity (Wildman–Crippen MR) is 135 cm³/mol. The van der Waals surface area contributed by atoms with Crippen molar-refractivity contribution in [3.8, 4) is 0 Å². The van der Waals surface area contributed by atoms with E-state index < -0.39 is 10.0 Å². The third kappa shape index (κ3) is 5.75. The summed E-state index contributed by atoms with van der Waals surface area (Å²) in [5, 5.41) is 0. The SMILES string of the molecule is Cc1ccc(C(=O)N(Cc2ccccc2)Cc2ccccc2)cc1S(=O)(=O)N1CCCCCC1. The number of aryl methyl sites for hydroxylation is 1. The van der Waals surface area contributed by atoms with E-state index in [-0.39, 0.29) is 10.8 Å². The second-order valence-electron chi connectivity index (χ2n) is 8.93. The zero-order chi connectivity index (χ0) is 24.0. The maximum absolute atomic E-state index is 13.7. The van der Waals surface area contributed by atoms with Crippen LogP contribution < -0.4 is 0 Å². The summed E-state index contributed by atoms with van der Waals surface area (Å²) in [4.78, 5) is 15.7. The highest BCUT2D eigenvalue weighted by Crippen LogP contribution is 2.25. The van der Waals surface area contributed by atoms with Gasteiger partial charge in [-0.1, -0.05) is 79.6 Å². The first kappa shape index (κ1) is 24.2. The van der Waals surface area contributed by atoms with Crippen molar-refractivity contribution in [1.82, 2.24) is 9.21 Å². The lowest BCUT2D eigenvalue weighted by Gasteiger charge is -2.25. The Morgan fingerprint density at radius 1 is 0.794 bits per heavy atom. The highest BCUT2D eigenvalue weighted by Gasteiger charge is 2.28. The Kier molecular flexibility index (Phi) is 7.80. The van der Waals surface area contributed by atoms with Crippen molar-refractivity contribution in [1.29, 1.82) is 0 Å². The molecule has 0 aliphatic carbocycles. The summed E-state index contributed by atoms with van der Waals surface area (Å²) in [7, 11) is -3.65. The quantitative estimate of drug-likeness (QED) is 0.459. The van der Waals surface area contributed by atoms with E-state index in [9.17, 15) is 13.2 Å². The molecule has 6 heteroatoms. The van der Waals surface area contributed by atoms with Crippen LogP contribution in [0.25, 0.3) is 0 Å². The summed E-state index contributed by atoms with van der Waals surface area (Å²) in [6.07, 6.45) is 3.85. The largest absolute Gasteiger partial charge is 0.330 e. The zero-order valence-electron chi connectivity index (χ0n) is 19.7. The number of sulfonamides is 1.